The molecular formula is C11H16O2S. The largest absolute Gasteiger partial charge is 0.286 e. The monoisotopic (exact) mass is 212 g/mol. The van der Waals surface area contributed by atoms with Crippen molar-refractivity contribution in [3.8, 4) is 0 Å². The van der Waals surface area contributed by atoms with E-state index in [1.165, 1.54) is 0 Å². The first-order chi connectivity index (χ1) is 6.59. The number of hydrogen-bond acceptors (Lipinski definition) is 2. The zero-order chi connectivity index (χ0) is 10.6. The maximum absolute atomic E-state index is 11.5. The van der Waals surface area contributed by atoms with Crippen molar-refractivity contribution in [2.45, 2.75) is 25.7 Å². The Morgan fingerprint density at radius 2 is 1.86 bits per heavy atom. The average molecular weight is 212 g/mol. The molecule has 14 heavy (non-hydrogen) atoms. The molecular weight excluding hydrogens is 196 g/mol. The van der Waals surface area contributed by atoms with Crippen LogP contribution in [0.25, 0.3) is 0 Å². The van der Waals surface area contributed by atoms with Crippen molar-refractivity contribution in [3.63, 3.8) is 0 Å². The second kappa shape index (κ2) is 5.27. The Bertz CT molecular complexity index is 304. The molecule has 0 saturated heterocycles. The predicted octanol–water partition coefficient (Wildman–Crippen LogP) is 2.69. The Labute approximate surface area is 88.0 Å². The van der Waals surface area contributed by atoms with Crippen LogP contribution in [0.3, 0.4) is 0 Å². The van der Waals surface area contributed by atoms with Gasteiger partial charge < -0.3 is 0 Å². The second-order valence-electron chi connectivity index (χ2n) is 3.73. The van der Waals surface area contributed by atoms with Crippen LogP contribution in [0.15, 0.2) is 29.2 Å². The van der Waals surface area contributed by atoms with Gasteiger partial charge in [-0.1, -0.05) is 31.5 Å². The Kier molecular flexibility index (Phi) is 4.29. The molecule has 1 aromatic rings. The van der Waals surface area contributed by atoms with Crippen molar-refractivity contribution >= 4 is 11.1 Å². The van der Waals surface area contributed by atoms with Crippen LogP contribution in [0.2, 0.25) is 0 Å². The van der Waals surface area contributed by atoms with E-state index in [4.69, 9.17) is 4.18 Å². The third kappa shape index (κ3) is 3.60. The summed E-state index contributed by atoms with van der Waals surface area (Å²) in [6.07, 6.45) is 0. The molecule has 0 bridgehead atoms. The van der Waals surface area contributed by atoms with Gasteiger partial charge in [-0.25, -0.2) is 4.21 Å². The molecule has 0 amide bonds. The molecule has 0 spiro atoms. The highest BCUT2D eigenvalue weighted by molar-refractivity contribution is 7.80. The maximum atomic E-state index is 11.5. The summed E-state index contributed by atoms with van der Waals surface area (Å²) in [6.45, 7) is 6.60. The van der Waals surface area contributed by atoms with Crippen molar-refractivity contribution in [3.05, 3.63) is 29.8 Å². The summed E-state index contributed by atoms with van der Waals surface area (Å²) in [5, 5.41) is 0. The van der Waals surface area contributed by atoms with Gasteiger partial charge in [0.2, 0.25) is 0 Å². The fraction of sp³-hybridized carbons (Fsp3) is 0.455. The van der Waals surface area contributed by atoms with Crippen molar-refractivity contribution in [2.75, 3.05) is 6.61 Å². The van der Waals surface area contributed by atoms with Gasteiger partial charge in [0.1, 0.15) is 0 Å². The first-order valence-corrected chi connectivity index (χ1v) is 5.79. The van der Waals surface area contributed by atoms with E-state index in [9.17, 15) is 4.21 Å². The highest BCUT2D eigenvalue weighted by Gasteiger charge is 2.04. The Hall–Kier alpha value is -0.670. The summed E-state index contributed by atoms with van der Waals surface area (Å²) in [7, 11) is 0. The van der Waals surface area contributed by atoms with Crippen molar-refractivity contribution in [1.29, 1.82) is 0 Å². The van der Waals surface area contributed by atoms with Gasteiger partial charge >= 0.3 is 0 Å². The van der Waals surface area contributed by atoms with Gasteiger partial charge in [0.25, 0.3) is 0 Å². The van der Waals surface area contributed by atoms with Crippen LogP contribution in [-0.2, 0) is 15.3 Å². The first kappa shape index (κ1) is 11.4. The molecule has 2 nitrogen and oxygen atoms in total. The van der Waals surface area contributed by atoms with Crippen molar-refractivity contribution in [2.24, 2.45) is 5.92 Å². The van der Waals surface area contributed by atoms with E-state index in [0.29, 0.717) is 12.5 Å². The Morgan fingerprint density at radius 1 is 1.29 bits per heavy atom. The molecule has 1 atom stereocenters. The topological polar surface area (TPSA) is 26.3 Å². The van der Waals surface area contributed by atoms with Gasteiger partial charge in [0.15, 0.2) is 11.1 Å². The molecule has 0 aliphatic heterocycles. The van der Waals surface area contributed by atoms with E-state index in [1.807, 2.05) is 45.0 Å². The number of aryl methyl sites for hydroxylation is 1. The summed E-state index contributed by atoms with van der Waals surface area (Å²) in [4.78, 5) is 0.733. The molecule has 0 aliphatic rings. The van der Waals surface area contributed by atoms with E-state index in [-0.39, 0.29) is 0 Å². The molecule has 3 heteroatoms. The zero-order valence-electron chi connectivity index (χ0n) is 8.82. The highest BCUT2D eigenvalue weighted by Crippen LogP contribution is 2.10. The number of benzene rings is 1. The fourth-order valence-electron chi connectivity index (χ4n) is 0.915. The minimum Gasteiger partial charge on any atom is -0.286 e. The smallest absolute Gasteiger partial charge is 0.189 e. The second-order valence-corrected chi connectivity index (χ2v) is 4.90. The molecule has 78 valence electrons. The normalized spacial score (nSPS) is 13.1. The Morgan fingerprint density at radius 3 is 2.36 bits per heavy atom. The summed E-state index contributed by atoms with van der Waals surface area (Å²) in [5.41, 5.74) is 1.16. The Balaban J connectivity index is 2.57. The minimum atomic E-state index is -1.31. The number of hydrogen-bond donors (Lipinski definition) is 0. The lowest BCUT2D eigenvalue weighted by molar-refractivity contribution is 0.296. The van der Waals surface area contributed by atoms with Gasteiger partial charge in [-0.15, -0.1) is 0 Å². The van der Waals surface area contributed by atoms with E-state index < -0.39 is 11.1 Å². The summed E-state index contributed by atoms with van der Waals surface area (Å²) in [5.74, 6) is 0.407. The van der Waals surface area contributed by atoms with Crippen LogP contribution in [-0.4, -0.2) is 10.8 Å². The summed E-state index contributed by atoms with van der Waals surface area (Å²) in [6, 6.07) is 7.55. The van der Waals surface area contributed by atoms with Gasteiger partial charge in [0, 0.05) is 0 Å². The van der Waals surface area contributed by atoms with Crippen LogP contribution >= 0.6 is 0 Å². The van der Waals surface area contributed by atoms with Crippen LogP contribution in [0.5, 0.6) is 0 Å². The molecule has 0 fully saturated rings. The molecule has 0 aliphatic carbocycles. The molecule has 0 radical (unpaired) electrons. The molecule has 1 rings (SSSR count). The standard InChI is InChI=1S/C11H16O2S/c1-9(2)8-13-14(12)11-6-4-10(3)5-7-11/h4-7,9H,8H2,1-3H3. The lowest BCUT2D eigenvalue weighted by Gasteiger charge is -2.05. The van der Waals surface area contributed by atoms with Gasteiger partial charge in [-0.2, -0.15) is 0 Å². The van der Waals surface area contributed by atoms with Gasteiger partial charge in [0.05, 0.1) is 11.5 Å². The predicted molar refractivity (Wildman–Crippen MR) is 58.4 cm³/mol. The van der Waals surface area contributed by atoms with Crippen LogP contribution < -0.4 is 0 Å². The zero-order valence-corrected chi connectivity index (χ0v) is 9.64. The lowest BCUT2D eigenvalue weighted by atomic mass is 10.2. The lowest BCUT2D eigenvalue weighted by Crippen LogP contribution is -2.04. The maximum Gasteiger partial charge on any atom is 0.189 e. The van der Waals surface area contributed by atoms with Crippen LogP contribution in [0.4, 0.5) is 0 Å². The van der Waals surface area contributed by atoms with Crippen LogP contribution in [0, 0.1) is 12.8 Å². The quantitative estimate of drug-likeness (QED) is 0.767. The van der Waals surface area contributed by atoms with Crippen molar-refractivity contribution in [1.82, 2.24) is 0 Å². The molecule has 1 unspecified atom stereocenters. The SMILES string of the molecule is Cc1ccc(S(=O)OCC(C)C)cc1. The number of rotatable bonds is 4. The van der Waals surface area contributed by atoms with Crippen molar-refractivity contribution < 1.29 is 8.39 Å². The van der Waals surface area contributed by atoms with E-state index >= 15 is 0 Å². The third-order valence-corrected chi connectivity index (χ3v) is 2.73. The summed E-state index contributed by atoms with van der Waals surface area (Å²) < 4.78 is 16.8. The van der Waals surface area contributed by atoms with E-state index in [2.05, 4.69) is 0 Å². The fourth-order valence-corrected chi connectivity index (χ4v) is 1.81. The molecule has 0 saturated carbocycles. The van der Waals surface area contributed by atoms with Gasteiger partial charge in [-0.3, -0.25) is 4.18 Å². The molecule has 1 aromatic carbocycles. The van der Waals surface area contributed by atoms with Crippen LogP contribution in [0.1, 0.15) is 19.4 Å². The van der Waals surface area contributed by atoms with E-state index in [1.54, 1.807) is 0 Å². The third-order valence-electron chi connectivity index (χ3n) is 1.72. The summed E-state index contributed by atoms with van der Waals surface area (Å²) >= 11 is -1.31. The first-order valence-electron chi connectivity index (χ1n) is 4.71. The van der Waals surface area contributed by atoms with E-state index in [0.717, 1.165) is 10.5 Å². The highest BCUT2D eigenvalue weighted by atomic mass is 32.2. The minimum absolute atomic E-state index is 0.407. The van der Waals surface area contributed by atoms with Gasteiger partial charge in [-0.05, 0) is 25.0 Å². The average Bonchev–Trinajstić information content (AvgIpc) is 2.15. The molecule has 0 aromatic heterocycles. The molecule has 0 heterocycles. The molecule has 0 N–H and O–H groups in total.